The summed E-state index contributed by atoms with van der Waals surface area (Å²) < 4.78 is 0. The Morgan fingerprint density at radius 3 is 0.893 bits per heavy atom. The van der Waals surface area contributed by atoms with E-state index in [1.807, 2.05) is 0 Å². The van der Waals surface area contributed by atoms with E-state index in [1.54, 1.807) is 0 Å². The summed E-state index contributed by atoms with van der Waals surface area (Å²) in [4.78, 5) is 0. The first-order valence-electron chi connectivity index (χ1n) is 10.5. The molecule has 0 aromatic heterocycles. The zero-order valence-corrected chi connectivity index (χ0v) is 19.8. The van der Waals surface area contributed by atoms with Crippen LogP contribution >= 0.6 is 0 Å². The van der Waals surface area contributed by atoms with Crippen LogP contribution in [-0.2, 0) is 19.5 Å². The van der Waals surface area contributed by atoms with Crippen molar-refractivity contribution in [3.05, 3.63) is 16.6 Å². The molecule has 0 saturated heterocycles. The van der Waals surface area contributed by atoms with E-state index in [-0.39, 0.29) is 19.5 Å². The molecule has 0 radical (unpaired) electrons. The predicted octanol–water partition coefficient (Wildman–Crippen LogP) is 6.28. The second kappa shape index (κ2) is 40.5. The fourth-order valence-electron chi connectivity index (χ4n) is 2.04. The maximum atomic E-state index is 7.94. The Labute approximate surface area is 185 Å². The second-order valence-electron chi connectivity index (χ2n) is 6.21. The van der Waals surface area contributed by atoms with Crippen LogP contribution in [0.25, 0.3) is 16.6 Å². The summed E-state index contributed by atoms with van der Waals surface area (Å²) in [7, 11) is 0. The smallest absolute Gasteiger partial charge is 0.414 e. The summed E-state index contributed by atoms with van der Waals surface area (Å²) in [6.07, 6.45) is 14.5. The first-order valence-corrected chi connectivity index (χ1v) is 10.5. The van der Waals surface area contributed by atoms with Crippen molar-refractivity contribution in [1.29, 1.82) is 0 Å². The van der Waals surface area contributed by atoms with Crippen LogP contribution in [0.15, 0.2) is 15.7 Å². The maximum absolute atomic E-state index is 7.94. The van der Waals surface area contributed by atoms with Crippen LogP contribution in [0.1, 0.15) is 97.8 Å². The Hall–Kier alpha value is -1.18. The summed E-state index contributed by atoms with van der Waals surface area (Å²) >= 11 is 0. The molecule has 0 spiro atoms. The number of nitrogens with zero attached hydrogens (tertiary/aromatic N) is 6. The average Bonchev–Trinajstić information content (AvgIpc) is 2.69. The van der Waals surface area contributed by atoms with Gasteiger partial charge in [0.2, 0.25) is 0 Å². The molecule has 0 aromatic rings. The van der Waals surface area contributed by atoms with Crippen molar-refractivity contribution in [2.75, 3.05) is 19.6 Å². The molecule has 0 atom stereocenters. The summed E-state index contributed by atoms with van der Waals surface area (Å²) in [6, 6.07) is 0. The minimum atomic E-state index is 0. The molecule has 0 bridgehead atoms. The Balaban J connectivity index is -0.000000152. The fraction of sp³-hybridized carbons (Fsp3) is 1.00. The fourth-order valence-corrected chi connectivity index (χ4v) is 2.04. The first-order chi connectivity index (χ1) is 13.2. The predicted molar refractivity (Wildman–Crippen MR) is 114 cm³/mol. The van der Waals surface area contributed by atoms with Gasteiger partial charge in [-0.25, -0.2) is 0 Å². The molecule has 0 aromatic carbocycles. The Bertz CT molecular complexity index is 239. The Morgan fingerprint density at radius 2 is 0.714 bits per heavy atom. The van der Waals surface area contributed by atoms with Crippen LogP contribution in [0.2, 0.25) is 0 Å². The van der Waals surface area contributed by atoms with Crippen molar-refractivity contribution in [2.45, 2.75) is 97.8 Å². The van der Waals surface area contributed by atoms with Crippen LogP contribution < -0.4 is 16.3 Å². The molecule has 3 N–H and O–H groups in total. The topological polar surface area (TPSA) is 140 Å². The Morgan fingerprint density at radius 1 is 0.464 bits per heavy atom. The molecule has 0 aliphatic carbocycles. The van der Waals surface area contributed by atoms with Crippen LogP contribution in [0.4, 0.5) is 0 Å². The van der Waals surface area contributed by atoms with Gasteiger partial charge in [-0.15, -0.1) is 0 Å². The van der Waals surface area contributed by atoms with Crippen LogP contribution in [0.3, 0.4) is 0 Å². The molecule has 168 valence electrons. The van der Waals surface area contributed by atoms with Gasteiger partial charge in [0.15, 0.2) is 0 Å². The largest absolute Gasteiger partial charge is 3.00 e. The third-order valence-electron chi connectivity index (χ3n) is 3.64. The molecule has 0 rings (SSSR count). The van der Waals surface area contributed by atoms with Gasteiger partial charge < -0.3 is 32.9 Å². The third-order valence-corrected chi connectivity index (χ3v) is 3.64. The van der Waals surface area contributed by atoms with Crippen molar-refractivity contribution < 1.29 is 19.5 Å². The number of unbranched alkanes of at least 4 members (excludes halogenated alkanes) is 9. The van der Waals surface area contributed by atoms with E-state index < -0.39 is 0 Å². The van der Waals surface area contributed by atoms with Gasteiger partial charge >= 0.3 is 19.5 Å². The van der Waals surface area contributed by atoms with Gasteiger partial charge in [0.1, 0.15) is 0 Å². The third kappa shape index (κ3) is 49.8. The molecular formula is C18H42N9Rh. The molecular weight excluding hydrogens is 445 g/mol. The number of nitrogens with one attached hydrogen (secondary N) is 3. The van der Waals surface area contributed by atoms with E-state index >= 15 is 0 Å². The molecule has 0 amide bonds. The van der Waals surface area contributed by atoms with Crippen molar-refractivity contribution in [2.24, 2.45) is 15.7 Å². The monoisotopic (exact) mass is 487 g/mol. The van der Waals surface area contributed by atoms with Crippen LogP contribution in [0.5, 0.6) is 0 Å². The molecule has 0 aliphatic heterocycles. The maximum Gasteiger partial charge on any atom is 3.00 e. The number of rotatable bonds is 18. The van der Waals surface area contributed by atoms with Crippen LogP contribution in [0, 0.1) is 0 Å². The molecule has 0 heterocycles. The van der Waals surface area contributed by atoms with Gasteiger partial charge in [0, 0.05) is 0 Å². The zero-order valence-electron chi connectivity index (χ0n) is 18.1. The normalized spacial score (nSPS) is 8.68. The van der Waals surface area contributed by atoms with Gasteiger partial charge in [-0.3, -0.25) is 15.7 Å². The molecule has 0 unspecified atom stereocenters. The van der Waals surface area contributed by atoms with Gasteiger partial charge in [0.05, 0.1) is 0 Å². The zero-order chi connectivity index (χ0) is 20.8. The summed E-state index contributed by atoms with van der Waals surface area (Å²) in [5, 5.41) is 8.35. The van der Waals surface area contributed by atoms with Crippen molar-refractivity contribution in [1.82, 2.24) is 16.3 Å². The van der Waals surface area contributed by atoms with E-state index in [1.165, 1.54) is 57.8 Å². The second-order valence-corrected chi connectivity index (χ2v) is 6.21. The minimum Gasteiger partial charge on any atom is -0.414 e. The summed E-state index contributed by atoms with van der Waals surface area (Å²) in [5.41, 5.74) is 31.3. The van der Waals surface area contributed by atoms with Gasteiger partial charge in [-0.1, -0.05) is 97.8 Å². The van der Waals surface area contributed by atoms with Crippen molar-refractivity contribution in [3.8, 4) is 0 Å². The van der Waals surface area contributed by atoms with E-state index in [0.29, 0.717) is 0 Å². The van der Waals surface area contributed by atoms with Gasteiger partial charge in [0.25, 0.3) is 0 Å². The Kier molecular flexibility index (Phi) is 49.7. The minimum absolute atomic E-state index is 0. The quantitative estimate of drug-likeness (QED) is 0.0907. The number of hydrogen-bond donors (Lipinski definition) is 3. The molecule has 28 heavy (non-hydrogen) atoms. The van der Waals surface area contributed by atoms with Crippen molar-refractivity contribution >= 4 is 0 Å². The van der Waals surface area contributed by atoms with E-state index in [2.05, 4.69) is 52.7 Å². The average molecular weight is 488 g/mol. The molecule has 10 heteroatoms. The van der Waals surface area contributed by atoms with E-state index in [4.69, 9.17) is 16.6 Å². The van der Waals surface area contributed by atoms with Crippen molar-refractivity contribution in [3.63, 3.8) is 0 Å². The molecule has 0 aliphatic rings. The number of hydrogen-bond acceptors (Lipinski definition) is 3. The standard InChI is InChI=1S/3C6H14N3.Rh/c3*1-2-3-4-5-6-8-9-7;/h3*2-6H2,1H3,(H-,7,8);/q3*-1;+3. The van der Waals surface area contributed by atoms with E-state index in [9.17, 15) is 0 Å². The molecule has 0 fully saturated rings. The first kappa shape index (κ1) is 34.3. The van der Waals surface area contributed by atoms with Gasteiger partial charge in [-0.2, -0.15) is 0 Å². The summed E-state index contributed by atoms with van der Waals surface area (Å²) in [5.74, 6) is 0. The van der Waals surface area contributed by atoms with Crippen LogP contribution in [-0.4, -0.2) is 19.6 Å². The van der Waals surface area contributed by atoms with Gasteiger partial charge in [-0.05, 0) is 19.6 Å². The SMILES string of the molecule is CCCCCCNN=[N-].CCCCCCNN=[N-].CCCCCCNN=[N-].[Rh+3]. The van der Waals surface area contributed by atoms with E-state index in [0.717, 1.165) is 38.9 Å². The molecule has 0 saturated carbocycles. The summed E-state index contributed by atoms with van der Waals surface area (Å²) in [6.45, 7) is 8.88. The molecule has 9 nitrogen and oxygen atoms in total.